The van der Waals surface area contributed by atoms with Crippen LogP contribution in [0.5, 0.6) is 11.5 Å². The fourth-order valence-corrected chi connectivity index (χ4v) is 4.66. The molecule has 3 rings (SSSR count). The average molecular weight is 410 g/mol. The number of benzene rings is 1. The number of nitrogens with one attached hydrogen (secondary N) is 1. The van der Waals surface area contributed by atoms with Crippen LogP contribution in [0.15, 0.2) is 18.2 Å². The Morgan fingerprint density at radius 1 is 1.21 bits per heavy atom. The number of nitrogens with zero attached hydrogens (tertiary/aromatic N) is 2. The molecule has 0 spiro atoms. The monoisotopic (exact) mass is 409 g/mol. The van der Waals surface area contributed by atoms with Crippen molar-refractivity contribution in [2.45, 2.75) is 19.0 Å². The number of rotatable bonds is 6. The lowest BCUT2D eigenvalue weighted by molar-refractivity contribution is 0.0283. The second-order valence-electron chi connectivity index (χ2n) is 7.04. The Morgan fingerprint density at radius 2 is 2.00 bits per heavy atom. The molecule has 1 aromatic rings. The lowest BCUT2D eigenvalue weighted by Crippen LogP contribution is -2.52. The Balaban J connectivity index is 1.60. The Labute approximate surface area is 171 Å². The number of carbonyl (C=O) groups is 1. The molecule has 0 aliphatic carbocycles. The van der Waals surface area contributed by atoms with Gasteiger partial charge in [0, 0.05) is 38.5 Å². The summed E-state index contributed by atoms with van der Waals surface area (Å²) in [6.45, 7) is 5.65. The summed E-state index contributed by atoms with van der Waals surface area (Å²) in [7, 11) is 3.23. The summed E-state index contributed by atoms with van der Waals surface area (Å²) in [6, 6.07) is 5.96. The van der Waals surface area contributed by atoms with Crippen molar-refractivity contribution in [1.29, 1.82) is 0 Å². The molecule has 0 saturated carbocycles. The van der Waals surface area contributed by atoms with Crippen molar-refractivity contribution in [2.75, 3.05) is 65.1 Å². The first-order valence-corrected chi connectivity index (χ1v) is 11.0. The molecule has 0 bridgehead atoms. The van der Waals surface area contributed by atoms with Crippen LogP contribution in [-0.4, -0.2) is 87.0 Å². The zero-order chi connectivity index (χ0) is 19.8. The summed E-state index contributed by atoms with van der Waals surface area (Å²) in [5.74, 6) is 3.46. The van der Waals surface area contributed by atoms with E-state index in [1.54, 1.807) is 14.2 Å². The Morgan fingerprint density at radius 3 is 2.75 bits per heavy atom. The highest BCUT2D eigenvalue weighted by Crippen LogP contribution is 2.27. The molecule has 2 fully saturated rings. The van der Waals surface area contributed by atoms with Crippen LogP contribution in [0.1, 0.15) is 12.0 Å². The van der Waals surface area contributed by atoms with Crippen molar-refractivity contribution in [2.24, 2.45) is 0 Å². The number of hydrogen-bond donors (Lipinski definition) is 1. The zero-order valence-corrected chi connectivity index (χ0v) is 17.6. The van der Waals surface area contributed by atoms with Gasteiger partial charge >= 0.3 is 6.03 Å². The molecule has 0 unspecified atom stereocenters. The Bertz CT molecular complexity index is 640. The molecule has 0 radical (unpaired) electrons. The minimum atomic E-state index is 0.00976. The maximum absolute atomic E-state index is 13.0. The molecule has 28 heavy (non-hydrogen) atoms. The molecule has 8 heteroatoms. The third-order valence-electron chi connectivity index (χ3n) is 5.16. The van der Waals surface area contributed by atoms with Crippen molar-refractivity contribution in [3.8, 4) is 11.5 Å². The van der Waals surface area contributed by atoms with Gasteiger partial charge in [0.05, 0.1) is 33.5 Å². The van der Waals surface area contributed by atoms with Crippen LogP contribution in [0, 0.1) is 0 Å². The molecule has 2 amide bonds. The van der Waals surface area contributed by atoms with Crippen molar-refractivity contribution >= 4 is 17.8 Å². The third kappa shape index (κ3) is 5.68. The van der Waals surface area contributed by atoms with E-state index in [0.29, 0.717) is 18.0 Å². The first-order chi connectivity index (χ1) is 13.7. The normalized spacial score (nSPS) is 21.1. The molecule has 156 valence electrons. The summed E-state index contributed by atoms with van der Waals surface area (Å²) in [5.41, 5.74) is 0.986. The van der Waals surface area contributed by atoms with Gasteiger partial charge in [-0.1, -0.05) is 6.07 Å². The predicted octanol–water partition coefficient (Wildman–Crippen LogP) is 2.05. The second-order valence-corrected chi connectivity index (χ2v) is 8.19. The van der Waals surface area contributed by atoms with Crippen molar-refractivity contribution in [3.63, 3.8) is 0 Å². The number of carbonyl (C=O) groups excluding carboxylic acids is 1. The maximum atomic E-state index is 13.0. The fraction of sp³-hybridized carbons (Fsp3) is 0.650. The highest BCUT2D eigenvalue weighted by atomic mass is 32.2. The van der Waals surface area contributed by atoms with E-state index < -0.39 is 0 Å². The molecular weight excluding hydrogens is 378 g/mol. The van der Waals surface area contributed by atoms with E-state index in [4.69, 9.17) is 14.2 Å². The van der Waals surface area contributed by atoms with Gasteiger partial charge in [-0.25, -0.2) is 4.79 Å². The van der Waals surface area contributed by atoms with E-state index in [2.05, 4.69) is 10.2 Å². The van der Waals surface area contributed by atoms with Gasteiger partial charge in [0.15, 0.2) is 11.5 Å². The van der Waals surface area contributed by atoms with Crippen LogP contribution >= 0.6 is 11.8 Å². The van der Waals surface area contributed by atoms with Gasteiger partial charge in [0.1, 0.15) is 0 Å². The van der Waals surface area contributed by atoms with Crippen LogP contribution < -0.4 is 14.8 Å². The summed E-state index contributed by atoms with van der Waals surface area (Å²) in [4.78, 5) is 17.4. The number of morpholine rings is 1. The first kappa shape index (κ1) is 21.1. The highest BCUT2D eigenvalue weighted by molar-refractivity contribution is 7.99. The lowest BCUT2D eigenvalue weighted by atomic mass is 10.2. The van der Waals surface area contributed by atoms with Crippen molar-refractivity contribution in [3.05, 3.63) is 23.8 Å². The molecule has 1 aromatic carbocycles. The van der Waals surface area contributed by atoms with Crippen LogP contribution in [0.3, 0.4) is 0 Å². The van der Waals surface area contributed by atoms with Gasteiger partial charge in [-0.2, -0.15) is 11.8 Å². The lowest BCUT2D eigenvalue weighted by Gasteiger charge is -2.35. The second kappa shape index (κ2) is 10.8. The summed E-state index contributed by atoms with van der Waals surface area (Å²) >= 11 is 1.95. The van der Waals surface area contributed by atoms with Gasteiger partial charge in [0.25, 0.3) is 0 Å². The summed E-state index contributed by atoms with van der Waals surface area (Å²) in [5, 5.41) is 3.09. The topological polar surface area (TPSA) is 63.3 Å². The fourth-order valence-electron chi connectivity index (χ4n) is 3.60. The maximum Gasteiger partial charge on any atom is 0.317 e. The molecule has 2 aliphatic heterocycles. The highest BCUT2D eigenvalue weighted by Gasteiger charge is 2.28. The predicted molar refractivity (Wildman–Crippen MR) is 111 cm³/mol. The van der Waals surface area contributed by atoms with E-state index in [1.165, 1.54) is 0 Å². The molecule has 2 heterocycles. The number of methoxy groups -OCH3 is 2. The van der Waals surface area contributed by atoms with E-state index in [0.717, 1.165) is 62.9 Å². The van der Waals surface area contributed by atoms with Gasteiger partial charge in [-0.15, -0.1) is 0 Å². The smallest absolute Gasteiger partial charge is 0.317 e. The van der Waals surface area contributed by atoms with Gasteiger partial charge in [0.2, 0.25) is 0 Å². The molecule has 1 atom stereocenters. The molecule has 0 aromatic heterocycles. The number of hydrogen-bond acceptors (Lipinski definition) is 6. The first-order valence-electron chi connectivity index (χ1n) is 9.84. The quantitative estimate of drug-likeness (QED) is 0.776. The van der Waals surface area contributed by atoms with Crippen LogP contribution in [0.25, 0.3) is 0 Å². The zero-order valence-electron chi connectivity index (χ0n) is 16.8. The number of amides is 2. The molecule has 1 N–H and O–H groups in total. The van der Waals surface area contributed by atoms with E-state index in [-0.39, 0.29) is 12.1 Å². The molecule has 7 nitrogen and oxygen atoms in total. The van der Waals surface area contributed by atoms with Crippen LogP contribution in [-0.2, 0) is 11.3 Å². The minimum Gasteiger partial charge on any atom is -0.493 e. The average Bonchev–Trinajstić information content (AvgIpc) is 2.98. The van der Waals surface area contributed by atoms with E-state index in [1.807, 2.05) is 34.9 Å². The van der Waals surface area contributed by atoms with Crippen molar-refractivity contribution in [1.82, 2.24) is 15.1 Å². The van der Waals surface area contributed by atoms with Gasteiger partial charge in [-0.05, 0) is 29.9 Å². The van der Waals surface area contributed by atoms with Crippen LogP contribution in [0.2, 0.25) is 0 Å². The Hall–Kier alpha value is -1.64. The number of thioether (sulfide) groups is 1. The minimum absolute atomic E-state index is 0.00976. The van der Waals surface area contributed by atoms with Gasteiger partial charge < -0.3 is 24.4 Å². The van der Waals surface area contributed by atoms with Crippen molar-refractivity contribution < 1.29 is 19.0 Å². The molecule has 2 aliphatic rings. The molecule has 2 saturated heterocycles. The number of ether oxygens (including phenoxy) is 3. The number of urea groups is 1. The standard InChI is InChI=1S/C20H31N3O4S/c1-25-18-5-4-16(12-19(18)26-2)13-21-20(24)23-6-3-11-28-15-17(23)14-22-7-9-27-10-8-22/h4-5,12,17H,3,6-11,13-15H2,1-2H3,(H,21,24)/t17-/m1/s1. The third-order valence-corrected chi connectivity index (χ3v) is 6.36. The Kier molecular flexibility index (Phi) is 8.12. The molecular formula is C20H31N3O4S. The van der Waals surface area contributed by atoms with Crippen LogP contribution in [0.4, 0.5) is 4.79 Å². The van der Waals surface area contributed by atoms with Gasteiger partial charge in [-0.3, -0.25) is 4.90 Å². The largest absolute Gasteiger partial charge is 0.493 e. The summed E-state index contributed by atoms with van der Waals surface area (Å²) in [6.07, 6.45) is 1.04. The summed E-state index contributed by atoms with van der Waals surface area (Å²) < 4.78 is 16.1. The van der Waals surface area contributed by atoms with E-state index >= 15 is 0 Å². The SMILES string of the molecule is COc1ccc(CNC(=O)N2CCCSC[C@H]2CN2CCOCC2)cc1OC. The van der Waals surface area contributed by atoms with E-state index in [9.17, 15) is 4.79 Å².